The number of amides is 1. The van der Waals surface area contributed by atoms with E-state index in [0.717, 1.165) is 70.1 Å². The van der Waals surface area contributed by atoms with Gasteiger partial charge in [0.1, 0.15) is 0 Å². The average molecular weight is 347 g/mol. The molecule has 0 aromatic carbocycles. The van der Waals surface area contributed by atoms with Gasteiger partial charge in [-0.15, -0.1) is 0 Å². The van der Waals surface area contributed by atoms with E-state index in [0.29, 0.717) is 12.0 Å². The summed E-state index contributed by atoms with van der Waals surface area (Å²) in [5.41, 5.74) is 0. The number of nitrogens with zero attached hydrogens (tertiary/aromatic N) is 4. The highest BCUT2D eigenvalue weighted by Crippen LogP contribution is 2.38. The Morgan fingerprint density at radius 1 is 1.24 bits per heavy atom. The van der Waals surface area contributed by atoms with Crippen LogP contribution in [-0.2, 0) is 11.3 Å². The zero-order valence-corrected chi connectivity index (χ0v) is 15.1. The molecule has 1 aromatic rings. The third-order valence-electron chi connectivity index (χ3n) is 5.55. The first kappa shape index (κ1) is 17.0. The highest BCUT2D eigenvalue weighted by Gasteiger charge is 2.31. The lowest BCUT2D eigenvalue weighted by Gasteiger charge is -2.34. The molecule has 0 unspecified atom stereocenters. The maximum atomic E-state index is 12.5. The molecular formula is C18H29N5O2. The van der Waals surface area contributed by atoms with E-state index in [-0.39, 0.29) is 11.9 Å². The van der Waals surface area contributed by atoms with Crippen LogP contribution in [0.4, 0.5) is 0 Å². The smallest absolute Gasteiger partial charge is 0.239 e. The van der Waals surface area contributed by atoms with Crippen LogP contribution in [0.2, 0.25) is 0 Å². The summed E-state index contributed by atoms with van der Waals surface area (Å²) in [6.45, 7) is 6.57. The van der Waals surface area contributed by atoms with Gasteiger partial charge >= 0.3 is 0 Å². The van der Waals surface area contributed by atoms with Crippen LogP contribution in [-0.4, -0.2) is 64.1 Å². The van der Waals surface area contributed by atoms with Crippen LogP contribution in [0.1, 0.15) is 63.1 Å². The van der Waals surface area contributed by atoms with Gasteiger partial charge in [0, 0.05) is 31.6 Å². The van der Waals surface area contributed by atoms with Crippen LogP contribution in [0.15, 0.2) is 4.52 Å². The molecule has 0 radical (unpaired) electrons. The maximum absolute atomic E-state index is 12.5. The van der Waals surface area contributed by atoms with Gasteiger partial charge in [0.25, 0.3) is 0 Å². The molecule has 2 atom stereocenters. The lowest BCUT2D eigenvalue weighted by atomic mass is 10.0. The Bertz CT molecular complexity index is 594. The van der Waals surface area contributed by atoms with Gasteiger partial charge < -0.3 is 14.7 Å². The van der Waals surface area contributed by atoms with Gasteiger partial charge in [-0.3, -0.25) is 9.69 Å². The van der Waals surface area contributed by atoms with Crippen molar-refractivity contribution in [3.63, 3.8) is 0 Å². The van der Waals surface area contributed by atoms with E-state index in [1.807, 2.05) is 11.8 Å². The number of carbonyl (C=O) groups excluding carboxylic acids is 1. The van der Waals surface area contributed by atoms with Crippen molar-refractivity contribution in [2.75, 3.05) is 26.2 Å². The molecule has 25 heavy (non-hydrogen) atoms. The second-order valence-electron chi connectivity index (χ2n) is 7.82. The van der Waals surface area contributed by atoms with Crippen LogP contribution < -0.4 is 5.32 Å². The molecule has 1 N–H and O–H groups in total. The summed E-state index contributed by atoms with van der Waals surface area (Å²) in [7, 11) is 0. The fraction of sp³-hybridized carbons (Fsp3) is 0.833. The van der Waals surface area contributed by atoms with E-state index < -0.39 is 0 Å². The molecule has 7 heteroatoms. The number of carbonyl (C=O) groups is 1. The van der Waals surface area contributed by atoms with E-state index in [1.54, 1.807) is 0 Å². The summed E-state index contributed by atoms with van der Waals surface area (Å²) in [5.74, 6) is 2.37. The van der Waals surface area contributed by atoms with Gasteiger partial charge in [-0.25, -0.2) is 0 Å². The van der Waals surface area contributed by atoms with Crippen LogP contribution in [0.25, 0.3) is 0 Å². The summed E-state index contributed by atoms with van der Waals surface area (Å²) in [6, 6.07) is 0.250. The Hall–Kier alpha value is -1.47. The average Bonchev–Trinajstić information content (AvgIpc) is 3.12. The first-order valence-electron chi connectivity index (χ1n) is 9.78. The standard InChI is InChI=1S/C18H29N5O2/c1-13(18(24)23-9-2-3-10-23)19-15-5-4-8-22(11-15)12-16-20-17(25-21-16)14-6-7-14/h13-15,19H,2-12H2,1H3/t13-,15+/m1/s1. The van der Waals surface area contributed by atoms with Crippen molar-refractivity contribution in [1.82, 2.24) is 25.3 Å². The molecule has 3 fully saturated rings. The summed E-state index contributed by atoms with van der Waals surface area (Å²) in [4.78, 5) is 21.4. The fourth-order valence-corrected chi connectivity index (χ4v) is 4.00. The second kappa shape index (κ2) is 7.41. The Balaban J connectivity index is 1.27. The van der Waals surface area contributed by atoms with E-state index in [4.69, 9.17) is 4.52 Å². The van der Waals surface area contributed by atoms with Crippen molar-refractivity contribution in [3.8, 4) is 0 Å². The van der Waals surface area contributed by atoms with Gasteiger partial charge in [0.2, 0.25) is 11.8 Å². The monoisotopic (exact) mass is 347 g/mol. The number of hydrogen-bond acceptors (Lipinski definition) is 6. The second-order valence-corrected chi connectivity index (χ2v) is 7.82. The molecule has 0 bridgehead atoms. The van der Waals surface area contributed by atoms with Crippen LogP contribution >= 0.6 is 0 Å². The van der Waals surface area contributed by atoms with E-state index in [2.05, 4.69) is 20.4 Å². The molecule has 1 amide bonds. The number of nitrogens with one attached hydrogen (secondary N) is 1. The Morgan fingerprint density at radius 2 is 2.04 bits per heavy atom. The normalized spacial score (nSPS) is 26.1. The third kappa shape index (κ3) is 4.20. The Morgan fingerprint density at radius 3 is 2.80 bits per heavy atom. The minimum atomic E-state index is -0.102. The number of aromatic nitrogens is 2. The Labute approximate surface area is 149 Å². The summed E-state index contributed by atoms with van der Waals surface area (Å²) in [5, 5.41) is 7.68. The number of hydrogen-bond donors (Lipinski definition) is 1. The van der Waals surface area contributed by atoms with Crippen molar-refractivity contribution in [3.05, 3.63) is 11.7 Å². The Kier molecular flexibility index (Phi) is 5.03. The maximum Gasteiger partial charge on any atom is 0.239 e. The highest BCUT2D eigenvalue weighted by molar-refractivity contribution is 5.81. The number of rotatable bonds is 6. The van der Waals surface area contributed by atoms with Gasteiger partial charge in [0.05, 0.1) is 12.6 Å². The first-order valence-corrected chi connectivity index (χ1v) is 9.78. The lowest BCUT2D eigenvalue weighted by molar-refractivity contribution is -0.132. The SMILES string of the molecule is C[C@@H](N[C@H]1CCCN(Cc2noc(C3CC3)n2)C1)C(=O)N1CCCC1. The van der Waals surface area contributed by atoms with E-state index in [9.17, 15) is 4.79 Å². The van der Waals surface area contributed by atoms with Crippen molar-refractivity contribution >= 4 is 5.91 Å². The largest absolute Gasteiger partial charge is 0.341 e. The molecule has 2 saturated heterocycles. The van der Waals surface area contributed by atoms with E-state index >= 15 is 0 Å². The fourth-order valence-electron chi connectivity index (χ4n) is 4.00. The zero-order chi connectivity index (χ0) is 17.2. The van der Waals surface area contributed by atoms with Crippen LogP contribution in [0, 0.1) is 0 Å². The van der Waals surface area contributed by atoms with Crippen LogP contribution in [0.3, 0.4) is 0 Å². The summed E-state index contributed by atoms with van der Waals surface area (Å²) < 4.78 is 5.36. The molecule has 4 rings (SSSR count). The zero-order valence-electron chi connectivity index (χ0n) is 15.1. The third-order valence-corrected chi connectivity index (χ3v) is 5.55. The predicted molar refractivity (Wildman–Crippen MR) is 93.0 cm³/mol. The molecule has 0 spiro atoms. The molecule has 1 aromatic heterocycles. The predicted octanol–water partition coefficient (Wildman–Crippen LogP) is 1.51. The van der Waals surface area contributed by atoms with E-state index in [1.165, 1.54) is 12.8 Å². The van der Waals surface area contributed by atoms with Gasteiger partial charge in [0.15, 0.2) is 5.82 Å². The highest BCUT2D eigenvalue weighted by atomic mass is 16.5. The molecule has 2 aliphatic heterocycles. The van der Waals surface area contributed by atoms with Crippen molar-refractivity contribution in [1.29, 1.82) is 0 Å². The molecule has 138 valence electrons. The molecule has 3 heterocycles. The van der Waals surface area contributed by atoms with Gasteiger partial charge in [-0.2, -0.15) is 4.98 Å². The quantitative estimate of drug-likeness (QED) is 0.841. The summed E-state index contributed by atoms with van der Waals surface area (Å²) in [6.07, 6.45) is 6.90. The van der Waals surface area contributed by atoms with Crippen molar-refractivity contribution in [2.45, 2.75) is 70.0 Å². The molecule has 1 saturated carbocycles. The molecule has 3 aliphatic rings. The van der Waals surface area contributed by atoms with Gasteiger partial charge in [-0.05, 0) is 52.0 Å². The minimum Gasteiger partial charge on any atom is -0.341 e. The van der Waals surface area contributed by atoms with Crippen LogP contribution in [0.5, 0.6) is 0 Å². The van der Waals surface area contributed by atoms with Gasteiger partial charge in [-0.1, -0.05) is 5.16 Å². The molecule has 7 nitrogen and oxygen atoms in total. The minimum absolute atomic E-state index is 0.102. The first-order chi connectivity index (χ1) is 12.2. The molecule has 1 aliphatic carbocycles. The number of piperidine rings is 1. The lowest BCUT2D eigenvalue weighted by Crippen LogP contribution is -2.52. The topological polar surface area (TPSA) is 74.5 Å². The number of likely N-dealkylation sites (tertiary alicyclic amines) is 2. The summed E-state index contributed by atoms with van der Waals surface area (Å²) >= 11 is 0. The van der Waals surface area contributed by atoms with Crippen molar-refractivity contribution < 1.29 is 9.32 Å². The van der Waals surface area contributed by atoms with Crippen molar-refractivity contribution in [2.24, 2.45) is 0 Å². The molecular weight excluding hydrogens is 318 g/mol.